The molecule has 2 aliphatic heterocycles. The quantitative estimate of drug-likeness (QED) is 0.792. The minimum atomic E-state index is -0.896. The van der Waals surface area contributed by atoms with Crippen molar-refractivity contribution in [3.8, 4) is 0 Å². The topological polar surface area (TPSA) is 70.1 Å². The second kappa shape index (κ2) is 5.56. The smallest absolute Gasteiger partial charge is 0.326 e. The van der Waals surface area contributed by atoms with Gasteiger partial charge in [0.1, 0.15) is 6.04 Å². The summed E-state index contributed by atoms with van der Waals surface area (Å²) in [4.78, 5) is 26.6. The predicted octanol–water partition coefficient (Wildman–Crippen LogP) is 0.766. The summed E-state index contributed by atoms with van der Waals surface area (Å²) in [7, 11) is 1.68. The summed E-state index contributed by atoms with van der Waals surface area (Å²) in [5, 5.41) is 9.08. The molecule has 0 aromatic heterocycles. The van der Waals surface area contributed by atoms with Gasteiger partial charge in [-0.3, -0.25) is 0 Å². The van der Waals surface area contributed by atoms with Crippen molar-refractivity contribution in [2.45, 2.75) is 37.8 Å². The number of methoxy groups -OCH3 is 1. The summed E-state index contributed by atoms with van der Waals surface area (Å²) < 4.78 is 5.26. The minimum Gasteiger partial charge on any atom is -0.480 e. The molecule has 0 unspecified atom stereocenters. The Bertz CT molecular complexity index is 326. The molecule has 2 heterocycles. The highest BCUT2D eigenvalue weighted by Gasteiger charge is 2.37. The van der Waals surface area contributed by atoms with E-state index in [1.807, 2.05) is 0 Å². The van der Waals surface area contributed by atoms with Crippen LogP contribution in [0.2, 0.25) is 0 Å². The molecule has 0 saturated carbocycles. The summed E-state index contributed by atoms with van der Waals surface area (Å²) >= 11 is 0. The monoisotopic (exact) mass is 256 g/mol. The maximum atomic E-state index is 12.3. The van der Waals surface area contributed by atoms with Gasteiger partial charge in [-0.05, 0) is 25.7 Å². The van der Waals surface area contributed by atoms with Gasteiger partial charge >= 0.3 is 12.0 Å². The Morgan fingerprint density at radius 2 is 1.83 bits per heavy atom. The number of hydrogen-bond donors (Lipinski definition) is 1. The number of ether oxygens (including phenoxy) is 1. The molecular formula is C12H20N2O4. The van der Waals surface area contributed by atoms with E-state index in [-0.39, 0.29) is 12.1 Å². The Balaban J connectivity index is 1.93. The van der Waals surface area contributed by atoms with Gasteiger partial charge in [0.05, 0.1) is 6.10 Å². The highest BCUT2D eigenvalue weighted by Crippen LogP contribution is 2.21. The molecule has 2 rings (SSSR count). The third kappa shape index (κ3) is 2.58. The van der Waals surface area contributed by atoms with E-state index >= 15 is 0 Å². The minimum absolute atomic E-state index is 0.130. The first-order valence-electron chi connectivity index (χ1n) is 6.44. The molecule has 2 fully saturated rings. The third-order valence-electron chi connectivity index (χ3n) is 3.83. The van der Waals surface area contributed by atoms with Crippen LogP contribution in [0.25, 0.3) is 0 Å². The van der Waals surface area contributed by atoms with Gasteiger partial charge in [-0.1, -0.05) is 0 Å². The van der Waals surface area contributed by atoms with Crippen LogP contribution in [0.5, 0.6) is 0 Å². The number of hydrogen-bond acceptors (Lipinski definition) is 3. The van der Waals surface area contributed by atoms with E-state index in [9.17, 15) is 9.59 Å². The highest BCUT2D eigenvalue weighted by molar-refractivity contribution is 5.83. The van der Waals surface area contributed by atoms with E-state index in [1.54, 1.807) is 12.0 Å². The number of urea groups is 1. The molecule has 6 nitrogen and oxygen atoms in total. The average Bonchev–Trinajstić information content (AvgIpc) is 2.87. The van der Waals surface area contributed by atoms with Crippen LogP contribution in [0.4, 0.5) is 4.79 Å². The zero-order valence-corrected chi connectivity index (χ0v) is 10.7. The number of aliphatic carboxylic acids is 1. The van der Waals surface area contributed by atoms with Crippen molar-refractivity contribution in [3.63, 3.8) is 0 Å². The first kappa shape index (κ1) is 13.1. The molecule has 2 aliphatic rings. The van der Waals surface area contributed by atoms with Crippen LogP contribution in [0.15, 0.2) is 0 Å². The fourth-order valence-corrected chi connectivity index (χ4v) is 2.72. The summed E-state index contributed by atoms with van der Waals surface area (Å²) in [5.41, 5.74) is 0. The van der Waals surface area contributed by atoms with Crippen molar-refractivity contribution in [1.29, 1.82) is 0 Å². The van der Waals surface area contributed by atoms with E-state index < -0.39 is 12.0 Å². The van der Waals surface area contributed by atoms with Gasteiger partial charge in [-0.15, -0.1) is 0 Å². The van der Waals surface area contributed by atoms with Crippen LogP contribution in [0.3, 0.4) is 0 Å². The number of piperidine rings is 1. The Kier molecular flexibility index (Phi) is 4.06. The molecule has 0 bridgehead atoms. The zero-order chi connectivity index (χ0) is 13.1. The molecular weight excluding hydrogens is 236 g/mol. The molecule has 0 aromatic carbocycles. The second-order valence-corrected chi connectivity index (χ2v) is 4.89. The zero-order valence-electron chi connectivity index (χ0n) is 10.7. The number of carbonyl (C=O) groups excluding carboxylic acids is 1. The lowest BCUT2D eigenvalue weighted by atomic mass is 10.1. The molecule has 2 amide bonds. The molecule has 18 heavy (non-hydrogen) atoms. The van der Waals surface area contributed by atoms with Gasteiger partial charge < -0.3 is 19.6 Å². The van der Waals surface area contributed by atoms with Crippen LogP contribution in [-0.4, -0.2) is 65.8 Å². The van der Waals surface area contributed by atoms with Gasteiger partial charge in [0.25, 0.3) is 0 Å². The fourth-order valence-electron chi connectivity index (χ4n) is 2.72. The number of carboxylic acid groups (broad SMARTS) is 1. The molecule has 1 atom stereocenters. The van der Waals surface area contributed by atoms with Crippen molar-refractivity contribution in [2.24, 2.45) is 0 Å². The number of likely N-dealkylation sites (tertiary alicyclic amines) is 2. The third-order valence-corrected chi connectivity index (χ3v) is 3.83. The van der Waals surface area contributed by atoms with Crippen LogP contribution in [-0.2, 0) is 9.53 Å². The van der Waals surface area contributed by atoms with Gasteiger partial charge in [0.2, 0.25) is 0 Å². The maximum Gasteiger partial charge on any atom is 0.326 e. The van der Waals surface area contributed by atoms with Gasteiger partial charge in [-0.25, -0.2) is 9.59 Å². The van der Waals surface area contributed by atoms with Gasteiger partial charge in [0, 0.05) is 26.7 Å². The van der Waals surface area contributed by atoms with Gasteiger partial charge in [-0.2, -0.15) is 0 Å². The van der Waals surface area contributed by atoms with E-state index in [0.717, 1.165) is 19.3 Å². The summed E-state index contributed by atoms with van der Waals surface area (Å²) in [5.74, 6) is -0.896. The maximum absolute atomic E-state index is 12.3. The molecule has 0 spiro atoms. The van der Waals surface area contributed by atoms with E-state index in [2.05, 4.69) is 0 Å². The second-order valence-electron chi connectivity index (χ2n) is 4.89. The van der Waals surface area contributed by atoms with Crippen molar-refractivity contribution in [1.82, 2.24) is 9.80 Å². The van der Waals surface area contributed by atoms with Crippen molar-refractivity contribution in [2.75, 3.05) is 26.7 Å². The predicted molar refractivity (Wildman–Crippen MR) is 64.4 cm³/mol. The van der Waals surface area contributed by atoms with Crippen LogP contribution >= 0.6 is 0 Å². The summed E-state index contributed by atoms with van der Waals surface area (Å²) in [6.07, 6.45) is 3.22. The Morgan fingerprint density at radius 3 is 2.39 bits per heavy atom. The lowest BCUT2D eigenvalue weighted by molar-refractivity contribution is -0.141. The number of amides is 2. The van der Waals surface area contributed by atoms with Gasteiger partial charge in [0.15, 0.2) is 0 Å². The molecule has 1 N–H and O–H groups in total. The molecule has 0 aliphatic carbocycles. The Morgan fingerprint density at radius 1 is 1.17 bits per heavy atom. The number of rotatable bonds is 2. The van der Waals surface area contributed by atoms with Crippen molar-refractivity contribution in [3.05, 3.63) is 0 Å². The Hall–Kier alpha value is -1.30. The molecule has 6 heteroatoms. The normalized spacial score (nSPS) is 25.5. The average molecular weight is 256 g/mol. The molecule has 2 saturated heterocycles. The number of carbonyl (C=O) groups is 2. The first-order chi connectivity index (χ1) is 8.63. The largest absolute Gasteiger partial charge is 0.480 e. The molecule has 0 aromatic rings. The van der Waals surface area contributed by atoms with Crippen molar-refractivity contribution >= 4 is 12.0 Å². The van der Waals surface area contributed by atoms with E-state index in [4.69, 9.17) is 9.84 Å². The SMILES string of the molecule is COC1CCN(C(=O)N2CCC[C@@H]2C(=O)O)CC1. The number of nitrogens with zero attached hydrogens (tertiary/aromatic N) is 2. The summed E-state index contributed by atoms with van der Waals surface area (Å²) in [6, 6.07) is -0.771. The van der Waals surface area contributed by atoms with Crippen LogP contribution in [0.1, 0.15) is 25.7 Å². The van der Waals surface area contributed by atoms with E-state index in [1.165, 1.54) is 4.90 Å². The molecule has 0 radical (unpaired) electrons. The lowest BCUT2D eigenvalue weighted by Gasteiger charge is -2.35. The van der Waals surface area contributed by atoms with Crippen LogP contribution < -0.4 is 0 Å². The molecule has 102 valence electrons. The standard InChI is InChI=1S/C12H20N2O4/c1-18-9-4-7-13(8-5-9)12(17)14-6-2-3-10(14)11(15)16/h9-10H,2-8H2,1H3,(H,15,16)/t10-/m1/s1. The van der Waals surface area contributed by atoms with E-state index in [0.29, 0.717) is 26.1 Å². The summed E-state index contributed by atoms with van der Waals surface area (Å²) in [6.45, 7) is 1.86. The number of carboxylic acids is 1. The lowest BCUT2D eigenvalue weighted by Crippen LogP contribution is -2.50. The highest BCUT2D eigenvalue weighted by atomic mass is 16.5. The van der Waals surface area contributed by atoms with Crippen LogP contribution in [0, 0.1) is 0 Å². The fraction of sp³-hybridized carbons (Fsp3) is 0.833. The first-order valence-corrected chi connectivity index (χ1v) is 6.44. The Labute approximate surface area is 106 Å². The van der Waals surface area contributed by atoms with Crippen molar-refractivity contribution < 1.29 is 19.4 Å².